The zero-order valence-corrected chi connectivity index (χ0v) is 21.3. The van der Waals surface area contributed by atoms with E-state index in [0.717, 1.165) is 70.9 Å². The Morgan fingerprint density at radius 1 is 1.05 bits per heavy atom. The largest absolute Gasteiger partial charge is 0.379 e. The van der Waals surface area contributed by atoms with Crippen LogP contribution < -0.4 is 15.5 Å². The van der Waals surface area contributed by atoms with Gasteiger partial charge in [-0.3, -0.25) is 24.6 Å². The lowest BCUT2D eigenvalue weighted by atomic mass is 9.97. The minimum Gasteiger partial charge on any atom is -0.379 e. The molecule has 37 heavy (non-hydrogen) atoms. The van der Waals surface area contributed by atoms with Gasteiger partial charge in [0.15, 0.2) is 0 Å². The first-order valence-electron chi connectivity index (χ1n) is 12.9. The van der Waals surface area contributed by atoms with Crippen LogP contribution in [0, 0.1) is 16.0 Å². The number of carbonyl (C=O) groups is 2. The summed E-state index contributed by atoms with van der Waals surface area (Å²) in [5.74, 6) is 0.00404. The molecule has 2 N–H and O–H groups in total. The first kappa shape index (κ1) is 26.6. The summed E-state index contributed by atoms with van der Waals surface area (Å²) in [7, 11) is 0. The van der Waals surface area contributed by atoms with Gasteiger partial charge in [-0.1, -0.05) is 13.0 Å². The molecule has 4 rings (SSSR count). The molecule has 0 aromatic heterocycles. The van der Waals surface area contributed by atoms with Gasteiger partial charge < -0.3 is 20.3 Å². The normalized spacial score (nSPS) is 16.8. The molecule has 2 saturated heterocycles. The number of rotatable bonds is 9. The molecule has 0 unspecified atom stereocenters. The summed E-state index contributed by atoms with van der Waals surface area (Å²) in [4.78, 5) is 41.2. The standard InChI is InChI=1S/C27H35N5O5/c1-20-8-12-31(13-9-20)25-7-6-22(29-26(33)21-4-2-5-23(18-21)32(35)36)19-24(25)27(34)28-10-3-11-30-14-16-37-17-15-30/h2,4-7,18-20H,3,8-17H2,1H3,(H,28,34)(H,29,33). The van der Waals surface area contributed by atoms with Crippen LogP contribution in [-0.4, -0.2) is 74.1 Å². The van der Waals surface area contributed by atoms with E-state index in [4.69, 9.17) is 4.74 Å². The van der Waals surface area contributed by atoms with Gasteiger partial charge in [0.1, 0.15) is 0 Å². The van der Waals surface area contributed by atoms with Gasteiger partial charge in [-0.25, -0.2) is 0 Å². The highest BCUT2D eigenvalue weighted by Crippen LogP contribution is 2.29. The summed E-state index contributed by atoms with van der Waals surface area (Å²) in [6.45, 7) is 8.77. The molecule has 0 radical (unpaired) electrons. The molecule has 0 bridgehead atoms. The van der Waals surface area contributed by atoms with Gasteiger partial charge >= 0.3 is 0 Å². The van der Waals surface area contributed by atoms with Crippen molar-refractivity contribution < 1.29 is 19.2 Å². The topological polar surface area (TPSA) is 117 Å². The minimum atomic E-state index is -0.535. The maximum absolute atomic E-state index is 13.3. The third kappa shape index (κ3) is 7.27. The lowest BCUT2D eigenvalue weighted by Gasteiger charge is -2.33. The van der Waals surface area contributed by atoms with E-state index in [1.807, 2.05) is 6.07 Å². The zero-order valence-electron chi connectivity index (χ0n) is 21.3. The van der Waals surface area contributed by atoms with Crippen LogP contribution in [0.15, 0.2) is 42.5 Å². The maximum Gasteiger partial charge on any atom is 0.270 e. The Kier molecular flexibility index (Phi) is 9.08. The van der Waals surface area contributed by atoms with E-state index in [9.17, 15) is 19.7 Å². The molecule has 10 heteroatoms. The summed E-state index contributed by atoms with van der Waals surface area (Å²) < 4.78 is 5.39. The summed E-state index contributed by atoms with van der Waals surface area (Å²) in [6.07, 6.45) is 2.96. The van der Waals surface area contributed by atoms with Gasteiger partial charge in [0, 0.05) is 61.8 Å². The second-order valence-electron chi connectivity index (χ2n) is 9.73. The van der Waals surface area contributed by atoms with Crippen molar-refractivity contribution in [2.24, 2.45) is 5.92 Å². The zero-order chi connectivity index (χ0) is 26.2. The number of nitrogens with one attached hydrogen (secondary N) is 2. The molecule has 2 aromatic carbocycles. The molecule has 2 amide bonds. The smallest absolute Gasteiger partial charge is 0.270 e. The second-order valence-corrected chi connectivity index (χ2v) is 9.73. The Labute approximate surface area is 217 Å². The molecule has 198 valence electrons. The Morgan fingerprint density at radius 2 is 1.81 bits per heavy atom. The first-order valence-corrected chi connectivity index (χ1v) is 12.9. The molecule has 2 aliphatic heterocycles. The van der Waals surface area contributed by atoms with Crippen molar-refractivity contribution in [3.63, 3.8) is 0 Å². The highest BCUT2D eigenvalue weighted by molar-refractivity contribution is 6.06. The van der Waals surface area contributed by atoms with E-state index in [0.29, 0.717) is 23.7 Å². The number of nitro groups is 1. The number of benzene rings is 2. The number of carbonyl (C=O) groups excluding carboxylic acids is 2. The quantitative estimate of drug-likeness (QED) is 0.302. The van der Waals surface area contributed by atoms with Crippen LogP contribution in [0.5, 0.6) is 0 Å². The number of amides is 2. The number of morpholine rings is 1. The Bertz CT molecular complexity index is 1110. The van der Waals surface area contributed by atoms with Gasteiger partial charge in [-0.2, -0.15) is 0 Å². The van der Waals surface area contributed by atoms with Gasteiger partial charge in [0.25, 0.3) is 17.5 Å². The monoisotopic (exact) mass is 509 g/mol. The van der Waals surface area contributed by atoms with E-state index in [1.54, 1.807) is 12.1 Å². The number of nitro benzene ring substituents is 1. The third-order valence-corrected chi connectivity index (χ3v) is 6.98. The van der Waals surface area contributed by atoms with Crippen LogP contribution in [0.2, 0.25) is 0 Å². The van der Waals surface area contributed by atoms with Crippen LogP contribution in [0.3, 0.4) is 0 Å². The average molecular weight is 510 g/mol. The summed E-state index contributed by atoms with van der Waals surface area (Å²) in [5.41, 5.74) is 1.85. The van der Waals surface area contributed by atoms with Crippen molar-refractivity contribution in [3.8, 4) is 0 Å². The molecule has 0 atom stereocenters. The molecule has 0 spiro atoms. The van der Waals surface area contributed by atoms with Gasteiger partial charge in [-0.15, -0.1) is 0 Å². The molecule has 0 aliphatic carbocycles. The number of nitrogens with zero attached hydrogens (tertiary/aromatic N) is 3. The van der Waals surface area contributed by atoms with E-state index < -0.39 is 10.8 Å². The van der Waals surface area contributed by atoms with E-state index >= 15 is 0 Å². The SMILES string of the molecule is CC1CCN(c2ccc(NC(=O)c3cccc([N+](=O)[O-])c3)cc2C(=O)NCCCN2CCOCC2)CC1. The van der Waals surface area contributed by atoms with Crippen molar-refractivity contribution in [1.82, 2.24) is 10.2 Å². The molecule has 2 heterocycles. The van der Waals surface area contributed by atoms with Crippen LogP contribution in [-0.2, 0) is 4.74 Å². The van der Waals surface area contributed by atoms with Gasteiger partial charge in [0.05, 0.1) is 23.7 Å². The predicted octanol–water partition coefficient (Wildman–Crippen LogP) is 3.54. The fourth-order valence-corrected chi connectivity index (χ4v) is 4.71. The van der Waals surface area contributed by atoms with E-state index in [1.165, 1.54) is 24.3 Å². The van der Waals surface area contributed by atoms with Crippen LogP contribution in [0.1, 0.15) is 46.9 Å². The minimum absolute atomic E-state index is 0.153. The Balaban J connectivity index is 1.46. The van der Waals surface area contributed by atoms with Crippen molar-refractivity contribution in [3.05, 3.63) is 63.7 Å². The number of piperidine rings is 1. The van der Waals surface area contributed by atoms with E-state index in [-0.39, 0.29) is 17.2 Å². The molecule has 2 aliphatic rings. The summed E-state index contributed by atoms with van der Waals surface area (Å²) >= 11 is 0. The van der Waals surface area contributed by atoms with Crippen LogP contribution in [0.25, 0.3) is 0 Å². The van der Waals surface area contributed by atoms with Gasteiger partial charge in [0.2, 0.25) is 0 Å². The van der Waals surface area contributed by atoms with Crippen molar-refractivity contribution in [1.29, 1.82) is 0 Å². The summed E-state index contributed by atoms with van der Waals surface area (Å²) in [6, 6.07) is 10.9. The number of non-ortho nitro benzene ring substituents is 1. The Morgan fingerprint density at radius 3 is 2.54 bits per heavy atom. The molecule has 2 aromatic rings. The molecule has 0 saturated carbocycles. The lowest BCUT2D eigenvalue weighted by molar-refractivity contribution is -0.384. The van der Waals surface area contributed by atoms with Crippen LogP contribution in [0.4, 0.5) is 17.1 Å². The average Bonchev–Trinajstić information content (AvgIpc) is 2.92. The van der Waals surface area contributed by atoms with Gasteiger partial charge in [-0.05, 0) is 56.0 Å². The number of hydrogen-bond donors (Lipinski definition) is 2. The highest BCUT2D eigenvalue weighted by atomic mass is 16.6. The molecule has 10 nitrogen and oxygen atoms in total. The fourth-order valence-electron chi connectivity index (χ4n) is 4.71. The Hall–Kier alpha value is -3.50. The molecule has 2 fully saturated rings. The van der Waals surface area contributed by atoms with Crippen LogP contribution >= 0.6 is 0 Å². The maximum atomic E-state index is 13.3. The summed E-state index contributed by atoms with van der Waals surface area (Å²) in [5, 5.41) is 16.9. The lowest BCUT2D eigenvalue weighted by Crippen LogP contribution is -2.38. The molecular formula is C27H35N5O5. The highest BCUT2D eigenvalue weighted by Gasteiger charge is 2.22. The fraction of sp³-hybridized carbons (Fsp3) is 0.481. The van der Waals surface area contributed by atoms with Crippen molar-refractivity contribution in [2.75, 3.05) is 62.7 Å². The first-order chi connectivity index (χ1) is 17.9. The predicted molar refractivity (Wildman–Crippen MR) is 142 cm³/mol. The number of hydrogen-bond acceptors (Lipinski definition) is 7. The number of anilines is 2. The number of ether oxygens (including phenoxy) is 1. The third-order valence-electron chi connectivity index (χ3n) is 6.98. The second kappa shape index (κ2) is 12.6. The van der Waals surface area contributed by atoms with E-state index in [2.05, 4.69) is 27.4 Å². The van der Waals surface area contributed by atoms with Crippen molar-refractivity contribution in [2.45, 2.75) is 26.2 Å². The van der Waals surface area contributed by atoms with Crippen molar-refractivity contribution >= 4 is 28.9 Å². The molecular weight excluding hydrogens is 474 g/mol.